The van der Waals surface area contributed by atoms with E-state index in [1.807, 2.05) is 18.5 Å². The third-order valence-electron chi connectivity index (χ3n) is 4.42. The summed E-state index contributed by atoms with van der Waals surface area (Å²) in [6, 6.07) is 16.7. The van der Waals surface area contributed by atoms with Gasteiger partial charge in [-0.1, -0.05) is 36.4 Å². The van der Waals surface area contributed by atoms with Crippen molar-refractivity contribution < 1.29 is 4.74 Å². The number of hydrogen-bond donors (Lipinski definition) is 1. The summed E-state index contributed by atoms with van der Waals surface area (Å²) < 4.78 is 6.08. The summed E-state index contributed by atoms with van der Waals surface area (Å²) in [5.74, 6) is 0.953. The van der Waals surface area contributed by atoms with E-state index in [2.05, 4.69) is 52.8 Å². The van der Waals surface area contributed by atoms with Crippen LogP contribution in [0.3, 0.4) is 0 Å². The summed E-state index contributed by atoms with van der Waals surface area (Å²) in [5.41, 5.74) is 2.34. The van der Waals surface area contributed by atoms with Gasteiger partial charge in [0.15, 0.2) is 0 Å². The van der Waals surface area contributed by atoms with E-state index < -0.39 is 0 Å². The summed E-state index contributed by atoms with van der Waals surface area (Å²) in [5, 5.41) is 5.76. The number of fused-ring (bicyclic) bond motifs is 1. The van der Waals surface area contributed by atoms with E-state index in [-0.39, 0.29) is 0 Å². The number of aromatic nitrogens is 1. The molecule has 23 heavy (non-hydrogen) atoms. The Hall–Kier alpha value is -2.39. The van der Waals surface area contributed by atoms with Crippen molar-refractivity contribution in [2.75, 3.05) is 13.1 Å². The molecule has 0 atom stereocenters. The Labute approximate surface area is 136 Å². The van der Waals surface area contributed by atoms with E-state index in [1.165, 1.54) is 16.3 Å². The minimum Gasteiger partial charge on any atom is -0.490 e. The fraction of sp³-hybridized carbons (Fsp3) is 0.250. The molecule has 0 radical (unpaired) electrons. The zero-order valence-corrected chi connectivity index (χ0v) is 13.0. The molecular weight excluding hydrogens is 284 g/mol. The highest BCUT2D eigenvalue weighted by atomic mass is 16.5. The SMILES string of the molecule is c1ccc2c(-c3ccc(OC4CCNCC4)cc3)cncc2c1. The van der Waals surface area contributed by atoms with Crippen molar-refractivity contribution in [3.8, 4) is 16.9 Å². The molecule has 1 aromatic heterocycles. The summed E-state index contributed by atoms with van der Waals surface area (Å²) >= 11 is 0. The van der Waals surface area contributed by atoms with Gasteiger partial charge >= 0.3 is 0 Å². The molecule has 4 rings (SSSR count). The number of ether oxygens (including phenoxy) is 1. The highest BCUT2D eigenvalue weighted by Crippen LogP contribution is 2.29. The van der Waals surface area contributed by atoms with Crippen LogP contribution in [0.2, 0.25) is 0 Å². The molecule has 1 aliphatic rings. The van der Waals surface area contributed by atoms with Crippen molar-refractivity contribution in [3.05, 3.63) is 60.9 Å². The van der Waals surface area contributed by atoms with E-state index in [1.54, 1.807) is 0 Å². The number of rotatable bonds is 3. The Bertz CT molecular complexity index is 787. The van der Waals surface area contributed by atoms with Crippen LogP contribution in [0.5, 0.6) is 5.75 Å². The molecule has 3 nitrogen and oxygen atoms in total. The maximum atomic E-state index is 6.08. The molecule has 0 amide bonds. The molecule has 0 spiro atoms. The van der Waals surface area contributed by atoms with Crippen LogP contribution in [0.4, 0.5) is 0 Å². The molecule has 0 saturated carbocycles. The Morgan fingerprint density at radius 3 is 2.52 bits per heavy atom. The molecule has 2 aromatic carbocycles. The maximum absolute atomic E-state index is 6.08. The summed E-state index contributed by atoms with van der Waals surface area (Å²) in [6.45, 7) is 2.09. The topological polar surface area (TPSA) is 34.1 Å². The van der Waals surface area contributed by atoms with Gasteiger partial charge in [-0.25, -0.2) is 0 Å². The maximum Gasteiger partial charge on any atom is 0.119 e. The second-order valence-electron chi connectivity index (χ2n) is 6.00. The average Bonchev–Trinajstić information content (AvgIpc) is 2.63. The van der Waals surface area contributed by atoms with Crippen LogP contribution in [0.25, 0.3) is 21.9 Å². The number of nitrogens with one attached hydrogen (secondary N) is 1. The molecule has 0 bridgehead atoms. The Morgan fingerprint density at radius 1 is 0.913 bits per heavy atom. The zero-order valence-electron chi connectivity index (χ0n) is 13.0. The second-order valence-corrected chi connectivity index (χ2v) is 6.00. The second kappa shape index (κ2) is 6.39. The number of hydrogen-bond acceptors (Lipinski definition) is 3. The Balaban J connectivity index is 1.59. The first-order valence-electron chi connectivity index (χ1n) is 8.21. The van der Waals surface area contributed by atoms with Crippen LogP contribution in [0.15, 0.2) is 60.9 Å². The molecule has 1 N–H and O–H groups in total. The molecule has 1 fully saturated rings. The van der Waals surface area contributed by atoms with Crippen LogP contribution in [-0.4, -0.2) is 24.2 Å². The van der Waals surface area contributed by atoms with Gasteiger partial charge in [-0.2, -0.15) is 0 Å². The van der Waals surface area contributed by atoms with E-state index in [9.17, 15) is 0 Å². The normalized spacial score (nSPS) is 15.7. The molecule has 116 valence electrons. The van der Waals surface area contributed by atoms with Crippen LogP contribution < -0.4 is 10.1 Å². The first kappa shape index (κ1) is 14.2. The molecule has 3 aromatic rings. The zero-order chi connectivity index (χ0) is 15.5. The molecule has 2 heterocycles. The van der Waals surface area contributed by atoms with E-state index in [4.69, 9.17) is 4.74 Å². The van der Waals surface area contributed by atoms with Crippen molar-refractivity contribution in [2.45, 2.75) is 18.9 Å². The van der Waals surface area contributed by atoms with Gasteiger partial charge in [0, 0.05) is 23.3 Å². The minimum absolute atomic E-state index is 0.335. The molecule has 1 saturated heterocycles. The lowest BCUT2D eigenvalue weighted by Gasteiger charge is -2.23. The fourth-order valence-electron chi connectivity index (χ4n) is 3.17. The first-order chi connectivity index (χ1) is 11.4. The predicted molar refractivity (Wildman–Crippen MR) is 93.7 cm³/mol. The minimum atomic E-state index is 0.335. The number of pyridine rings is 1. The Morgan fingerprint density at radius 2 is 1.70 bits per heavy atom. The molecule has 0 aliphatic carbocycles. The first-order valence-corrected chi connectivity index (χ1v) is 8.21. The van der Waals surface area contributed by atoms with Gasteiger partial charge in [0.05, 0.1) is 0 Å². The van der Waals surface area contributed by atoms with Gasteiger partial charge in [-0.05, 0) is 49.0 Å². The monoisotopic (exact) mass is 304 g/mol. The smallest absolute Gasteiger partial charge is 0.119 e. The fourth-order valence-corrected chi connectivity index (χ4v) is 3.17. The lowest BCUT2D eigenvalue weighted by molar-refractivity contribution is 0.162. The molecule has 1 aliphatic heterocycles. The number of piperidine rings is 1. The van der Waals surface area contributed by atoms with Gasteiger partial charge in [0.1, 0.15) is 11.9 Å². The third-order valence-corrected chi connectivity index (χ3v) is 4.42. The molecule has 0 unspecified atom stereocenters. The number of benzene rings is 2. The number of nitrogens with zero attached hydrogens (tertiary/aromatic N) is 1. The highest BCUT2D eigenvalue weighted by Gasteiger charge is 2.14. The van der Waals surface area contributed by atoms with Gasteiger partial charge in [-0.15, -0.1) is 0 Å². The standard InChI is InChI=1S/C20H20N2O/c1-2-4-19-16(3-1)13-22-14-20(19)15-5-7-17(8-6-15)23-18-9-11-21-12-10-18/h1-8,13-14,18,21H,9-12H2. The van der Waals surface area contributed by atoms with Crippen LogP contribution in [-0.2, 0) is 0 Å². The quantitative estimate of drug-likeness (QED) is 0.793. The largest absolute Gasteiger partial charge is 0.490 e. The van der Waals surface area contributed by atoms with Crippen molar-refractivity contribution in [3.63, 3.8) is 0 Å². The van der Waals surface area contributed by atoms with Crippen molar-refractivity contribution in [1.29, 1.82) is 0 Å². The molecule has 3 heteroatoms. The average molecular weight is 304 g/mol. The van der Waals surface area contributed by atoms with Crippen LogP contribution in [0.1, 0.15) is 12.8 Å². The lowest BCUT2D eigenvalue weighted by Crippen LogP contribution is -2.34. The summed E-state index contributed by atoms with van der Waals surface area (Å²) in [4.78, 5) is 4.37. The van der Waals surface area contributed by atoms with E-state index in [0.29, 0.717) is 6.10 Å². The predicted octanol–water partition coefficient (Wildman–Crippen LogP) is 4.03. The van der Waals surface area contributed by atoms with Crippen molar-refractivity contribution in [1.82, 2.24) is 10.3 Å². The van der Waals surface area contributed by atoms with E-state index >= 15 is 0 Å². The van der Waals surface area contributed by atoms with Gasteiger partial charge in [-0.3, -0.25) is 4.98 Å². The lowest BCUT2D eigenvalue weighted by atomic mass is 10.0. The van der Waals surface area contributed by atoms with Gasteiger partial charge < -0.3 is 10.1 Å². The van der Waals surface area contributed by atoms with Crippen LogP contribution in [0, 0.1) is 0 Å². The van der Waals surface area contributed by atoms with Crippen molar-refractivity contribution in [2.24, 2.45) is 0 Å². The van der Waals surface area contributed by atoms with Crippen LogP contribution >= 0.6 is 0 Å². The summed E-state index contributed by atoms with van der Waals surface area (Å²) in [6.07, 6.45) is 6.34. The van der Waals surface area contributed by atoms with Gasteiger partial charge in [0.25, 0.3) is 0 Å². The Kier molecular flexibility index (Phi) is 3.95. The third kappa shape index (κ3) is 3.06. The highest BCUT2D eigenvalue weighted by molar-refractivity contribution is 5.95. The molecular formula is C20H20N2O. The van der Waals surface area contributed by atoms with E-state index in [0.717, 1.165) is 37.2 Å². The van der Waals surface area contributed by atoms with Gasteiger partial charge in [0.2, 0.25) is 0 Å². The summed E-state index contributed by atoms with van der Waals surface area (Å²) in [7, 11) is 0. The van der Waals surface area contributed by atoms with Crippen molar-refractivity contribution >= 4 is 10.8 Å².